The third-order valence-corrected chi connectivity index (χ3v) is 6.66. The fraction of sp³-hybridized carbons (Fsp3) is 0.455. The molecule has 3 amide bonds. The lowest BCUT2D eigenvalue weighted by Gasteiger charge is -2.26. The fourth-order valence-corrected chi connectivity index (χ4v) is 5.05. The van der Waals surface area contributed by atoms with E-state index in [0.717, 1.165) is 11.4 Å². The number of amides is 3. The normalized spacial score (nSPS) is 28.1. The Morgan fingerprint density at radius 2 is 1.85 bits per heavy atom. The number of ether oxygens (including phenoxy) is 2. The molecule has 1 aromatic rings. The van der Waals surface area contributed by atoms with Gasteiger partial charge in [0.25, 0.3) is 17.7 Å². The molecule has 5 rings (SSSR count). The van der Waals surface area contributed by atoms with Gasteiger partial charge in [0.15, 0.2) is 12.4 Å². The van der Waals surface area contributed by atoms with Crippen molar-refractivity contribution in [1.29, 1.82) is 0 Å². The van der Waals surface area contributed by atoms with Crippen LogP contribution in [-0.4, -0.2) is 71.7 Å². The van der Waals surface area contributed by atoms with E-state index in [1.54, 1.807) is 4.90 Å². The van der Waals surface area contributed by atoms with Gasteiger partial charge >= 0.3 is 5.69 Å². The second kappa shape index (κ2) is 8.39. The highest BCUT2D eigenvalue weighted by Gasteiger charge is 2.59. The molecule has 0 radical (unpaired) electrons. The zero-order chi connectivity index (χ0) is 23.1. The Balaban J connectivity index is 1.27. The van der Waals surface area contributed by atoms with Gasteiger partial charge in [-0.1, -0.05) is 12.2 Å². The zero-order valence-corrected chi connectivity index (χ0v) is 17.7. The molecule has 11 heteroatoms. The van der Waals surface area contributed by atoms with Gasteiger partial charge in [0.1, 0.15) is 0 Å². The smallest absolute Gasteiger partial charge is 0.311 e. The van der Waals surface area contributed by atoms with E-state index < -0.39 is 4.92 Å². The van der Waals surface area contributed by atoms with Crippen LogP contribution in [0.15, 0.2) is 35.5 Å². The number of morpholine rings is 1. The molecule has 4 atom stereocenters. The van der Waals surface area contributed by atoms with Gasteiger partial charge in [0.05, 0.1) is 36.2 Å². The van der Waals surface area contributed by atoms with Crippen LogP contribution >= 0.6 is 0 Å². The first-order chi connectivity index (χ1) is 15.9. The summed E-state index contributed by atoms with van der Waals surface area (Å²) in [4.78, 5) is 50.2. The minimum Gasteiger partial charge on any atom is -0.477 e. The van der Waals surface area contributed by atoms with Gasteiger partial charge in [0.2, 0.25) is 0 Å². The van der Waals surface area contributed by atoms with E-state index in [4.69, 9.17) is 9.47 Å². The van der Waals surface area contributed by atoms with Crippen molar-refractivity contribution in [2.45, 2.75) is 6.42 Å². The van der Waals surface area contributed by atoms with Crippen LogP contribution in [-0.2, 0) is 19.1 Å². The van der Waals surface area contributed by atoms with Gasteiger partial charge in [-0.25, -0.2) is 0 Å². The van der Waals surface area contributed by atoms with E-state index in [-0.39, 0.29) is 59.4 Å². The van der Waals surface area contributed by atoms with E-state index in [1.807, 2.05) is 12.2 Å². The summed E-state index contributed by atoms with van der Waals surface area (Å²) in [6.07, 6.45) is 6.07. The Bertz CT molecular complexity index is 1050. The number of carbonyl (C=O) groups is 3. The van der Waals surface area contributed by atoms with Crippen molar-refractivity contribution in [1.82, 2.24) is 9.91 Å². The summed E-state index contributed by atoms with van der Waals surface area (Å²) in [5, 5.41) is 16.5. The molecule has 11 nitrogen and oxygen atoms in total. The van der Waals surface area contributed by atoms with Crippen molar-refractivity contribution in [3.8, 4) is 5.75 Å². The molecule has 2 aliphatic heterocycles. The monoisotopic (exact) mass is 454 g/mol. The summed E-state index contributed by atoms with van der Waals surface area (Å²) in [6, 6.07) is 4.12. The molecular formula is C22H22N4O7. The number of imide groups is 1. The summed E-state index contributed by atoms with van der Waals surface area (Å²) in [7, 11) is 0. The Labute approximate surface area is 188 Å². The number of hydrogen-bond acceptors (Lipinski definition) is 8. The number of benzene rings is 1. The molecule has 2 heterocycles. The van der Waals surface area contributed by atoms with E-state index >= 15 is 0 Å². The zero-order valence-electron chi connectivity index (χ0n) is 17.7. The molecule has 0 N–H and O–H groups in total. The summed E-state index contributed by atoms with van der Waals surface area (Å²) in [5.74, 6) is -1.55. The number of nitro groups is 1. The van der Waals surface area contributed by atoms with Crippen molar-refractivity contribution in [2.75, 3.05) is 32.9 Å². The van der Waals surface area contributed by atoms with Gasteiger partial charge in [-0.15, -0.1) is 0 Å². The molecule has 4 unspecified atom stereocenters. The second-order valence-electron chi connectivity index (χ2n) is 8.50. The summed E-state index contributed by atoms with van der Waals surface area (Å²) >= 11 is 0. The van der Waals surface area contributed by atoms with Gasteiger partial charge in [0, 0.05) is 24.7 Å². The Hall–Kier alpha value is -3.60. The maximum absolute atomic E-state index is 12.7. The van der Waals surface area contributed by atoms with Crippen LogP contribution in [0, 0.1) is 33.8 Å². The van der Waals surface area contributed by atoms with Crippen LogP contribution in [0.4, 0.5) is 5.69 Å². The lowest BCUT2D eigenvalue weighted by Crippen LogP contribution is -2.43. The van der Waals surface area contributed by atoms with Gasteiger partial charge < -0.3 is 14.4 Å². The van der Waals surface area contributed by atoms with E-state index in [0.29, 0.717) is 31.9 Å². The molecule has 172 valence electrons. The quantitative estimate of drug-likeness (QED) is 0.206. The lowest BCUT2D eigenvalue weighted by molar-refractivity contribution is -0.385. The Kier molecular flexibility index (Phi) is 5.41. The van der Waals surface area contributed by atoms with Gasteiger partial charge in [-0.05, 0) is 30.4 Å². The van der Waals surface area contributed by atoms with Crippen LogP contribution in [0.3, 0.4) is 0 Å². The molecule has 33 heavy (non-hydrogen) atoms. The average Bonchev–Trinajstić information content (AvgIpc) is 3.51. The molecule has 1 saturated carbocycles. The van der Waals surface area contributed by atoms with E-state index in [9.17, 15) is 24.5 Å². The maximum atomic E-state index is 12.7. The number of carbonyl (C=O) groups excluding carboxylic acids is 3. The van der Waals surface area contributed by atoms with Crippen LogP contribution in [0.25, 0.3) is 0 Å². The largest absolute Gasteiger partial charge is 0.477 e. The molecule has 1 aromatic carbocycles. The molecule has 2 aliphatic carbocycles. The third kappa shape index (κ3) is 3.78. The van der Waals surface area contributed by atoms with Crippen molar-refractivity contribution >= 4 is 29.6 Å². The Morgan fingerprint density at radius 3 is 2.48 bits per heavy atom. The number of nitro benzene ring substituents is 1. The molecule has 0 aromatic heterocycles. The molecule has 4 aliphatic rings. The minimum absolute atomic E-state index is 0.0516. The number of fused-ring (bicyclic) bond motifs is 5. The van der Waals surface area contributed by atoms with Crippen LogP contribution in [0.2, 0.25) is 0 Å². The van der Waals surface area contributed by atoms with Crippen molar-refractivity contribution in [3.05, 3.63) is 46.0 Å². The number of allylic oxidation sites excluding steroid dienone is 2. The number of nitrogens with zero attached hydrogens (tertiary/aromatic N) is 4. The van der Waals surface area contributed by atoms with Gasteiger partial charge in [-0.2, -0.15) is 10.1 Å². The fourth-order valence-electron chi connectivity index (χ4n) is 5.05. The van der Waals surface area contributed by atoms with Crippen LogP contribution in [0.5, 0.6) is 5.75 Å². The molecular weight excluding hydrogens is 432 g/mol. The highest BCUT2D eigenvalue weighted by molar-refractivity contribution is 6.06. The SMILES string of the molecule is O=C(COc1ccc(C=NN2C(=O)C3C4C=CC(C4)C3C2=O)cc1[N+](=O)[O-])N1CCOCC1. The topological polar surface area (TPSA) is 132 Å². The first kappa shape index (κ1) is 21.3. The standard InChI is InChI=1S/C22H22N4O7/c27-18(24-5-7-32-8-6-24)12-33-17-4-1-13(9-16(17)26(30)31)11-23-25-21(28)19-14-2-3-15(10-14)20(19)22(25)29/h1-4,9,11,14-15,19-20H,5-8,10,12H2. The predicted octanol–water partition coefficient (Wildman–Crippen LogP) is 0.973. The molecule has 2 saturated heterocycles. The second-order valence-corrected chi connectivity index (χ2v) is 8.50. The number of hydrazone groups is 1. The highest BCUT2D eigenvalue weighted by Crippen LogP contribution is 2.52. The summed E-state index contributed by atoms with van der Waals surface area (Å²) in [6.45, 7) is 1.46. The molecule has 2 bridgehead atoms. The highest BCUT2D eigenvalue weighted by atomic mass is 16.6. The Morgan fingerprint density at radius 1 is 1.18 bits per heavy atom. The first-order valence-electron chi connectivity index (χ1n) is 10.8. The van der Waals surface area contributed by atoms with Crippen molar-refractivity contribution < 1.29 is 28.8 Å². The first-order valence-corrected chi connectivity index (χ1v) is 10.8. The van der Waals surface area contributed by atoms with E-state index in [2.05, 4.69) is 5.10 Å². The van der Waals surface area contributed by atoms with Crippen LogP contribution in [0.1, 0.15) is 12.0 Å². The maximum Gasteiger partial charge on any atom is 0.311 e. The number of rotatable bonds is 6. The summed E-state index contributed by atoms with van der Waals surface area (Å²) < 4.78 is 10.6. The minimum atomic E-state index is -0.619. The van der Waals surface area contributed by atoms with Crippen LogP contribution < -0.4 is 4.74 Å². The number of hydrogen-bond donors (Lipinski definition) is 0. The third-order valence-electron chi connectivity index (χ3n) is 6.66. The predicted molar refractivity (Wildman–Crippen MR) is 113 cm³/mol. The molecule has 3 fully saturated rings. The van der Waals surface area contributed by atoms with Crippen molar-refractivity contribution in [2.24, 2.45) is 28.8 Å². The van der Waals surface area contributed by atoms with Crippen molar-refractivity contribution in [3.63, 3.8) is 0 Å². The summed E-state index contributed by atoms with van der Waals surface area (Å²) in [5.41, 5.74) is -0.0146. The van der Waals surface area contributed by atoms with Gasteiger partial charge in [-0.3, -0.25) is 24.5 Å². The average molecular weight is 454 g/mol. The molecule has 0 spiro atoms. The van der Waals surface area contributed by atoms with E-state index in [1.165, 1.54) is 24.4 Å². The lowest BCUT2D eigenvalue weighted by atomic mass is 9.85.